The van der Waals surface area contributed by atoms with Crippen LogP contribution in [0.5, 0.6) is 5.75 Å². The minimum Gasteiger partial charge on any atom is -0.496 e. The third-order valence-electron chi connectivity index (χ3n) is 4.72. The van der Waals surface area contributed by atoms with Crippen LogP contribution >= 0.6 is 11.6 Å². The number of aromatic amines is 1. The molecule has 0 spiro atoms. The van der Waals surface area contributed by atoms with E-state index in [1.807, 2.05) is 48.7 Å². The average molecular weight is 383 g/mol. The number of nitrogens with one attached hydrogen (secondary N) is 1. The summed E-state index contributed by atoms with van der Waals surface area (Å²) >= 11 is 6.23. The fourth-order valence-electron chi connectivity index (χ4n) is 3.29. The molecule has 1 fully saturated rings. The van der Waals surface area contributed by atoms with Crippen LogP contribution in [0.1, 0.15) is 5.56 Å². The number of carbonyl (C=O) groups is 1. The molecule has 0 atom stereocenters. The van der Waals surface area contributed by atoms with Crippen LogP contribution in [0.4, 0.5) is 10.5 Å². The third-order valence-corrected chi connectivity index (χ3v) is 5.09. The Hall–Kier alpha value is -2.99. The lowest BCUT2D eigenvalue weighted by atomic mass is 10.1. The summed E-state index contributed by atoms with van der Waals surface area (Å²) in [5.74, 6) is 0.700. The van der Waals surface area contributed by atoms with Crippen molar-refractivity contribution in [3.8, 4) is 16.9 Å². The van der Waals surface area contributed by atoms with Crippen molar-refractivity contribution in [3.05, 3.63) is 65.4 Å². The van der Waals surface area contributed by atoms with Gasteiger partial charge in [0.05, 0.1) is 13.3 Å². The Bertz CT molecular complexity index is 958. The number of anilines is 1. The van der Waals surface area contributed by atoms with Gasteiger partial charge in [0.1, 0.15) is 5.75 Å². The largest absolute Gasteiger partial charge is 0.496 e. The molecule has 2 aromatic carbocycles. The zero-order valence-electron chi connectivity index (χ0n) is 14.9. The monoisotopic (exact) mass is 382 g/mol. The summed E-state index contributed by atoms with van der Waals surface area (Å²) in [4.78, 5) is 16.5. The predicted octanol–water partition coefficient (Wildman–Crippen LogP) is 4.18. The molecule has 0 unspecified atom stereocenters. The molecule has 1 aliphatic heterocycles. The number of halogens is 1. The molecule has 6 nitrogen and oxygen atoms in total. The molecule has 138 valence electrons. The molecule has 1 aromatic heterocycles. The molecule has 4 rings (SSSR count). The van der Waals surface area contributed by atoms with Crippen LogP contribution < -0.4 is 9.64 Å². The number of nitrogens with zero attached hydrogens (tertiary/aromatic N) is 3. The molecular weight excluding hydrogens is 364 g/mol. The SMILES string of the molecule is COc1cc(N2CCN(Cc3ccccc3Cl)C2=O)ccc1-c1cn[nH]c1. The highest BCUT2D eigenvalue weighted by molar-refractivity contribution is 6.31. The highest BCUT2D eigenvalue weighted by Crippen LogP contribution is 2.34. The van der Waals surface area contributed by atoms with Crippen molar-refractivity contribution >= 4 is 23.3 Å². The van der Waals surface area contributed by atoms with Crippen molar-refractivity contribution in [2.24, 2.45) is 0 Å². The first-order chi connectivity index (χ1) is 13.2. The first-order valence-corrected chi connectivity index (χ1v) is 9.02. The van der Waals surface area contributed by atoms with E-state index < -0.39 is 0 Å². The summed E-state index contributed by atoms with van der Waals surface area (Å²) in [6, 6.07) is 13.3. The number of rotatable bonds is 5. The van der Waals surface area contributed by atoms with Gasteiger partial charge in [-0.25, -0.2) is 4.79 Å². The van der Waals surface area contributed by atoms with Gasteiger partial charge in [-0.1, -0.05) is 29.8 Å². The zero-order chi connectivity index (χ0) is 18.8. The summed E-state index contributed by atoms with van der Waals surface area (Å²) in [5, 5.41) is 7.46. The molecule has 1 saturated heterocycles. The van der Waals surface area contributed by atoms with E-state index in [9.17, 15) is 4.79 Å². The molecule has 2 heterocycles. The second-order valence-corrected chi connectivity index (χ2v) is 6.73. The van der Waals surface area contributed by atoms with E-state index >= 15 is 0 Å². The fraction of sp³-hybridized carbons (Fsp3) is 0.200. The molecule has 27 heavy (non-hydrogen) atoms. The summed E-state index contributed by atoms with van der Waals surface area (Å²) in [7, 11) is 1.62. The van der Waals surface area contributed by atoms with Gasteiger partial charge in [0, 0.05) is 53.7 Å². The molecule has 7 heteroatoms. The van der Waals surface area contributed by atoms with Crippen LogP contribution in [-0.2, 0) is 6.54 Å². The van der Waals surface area contributed by atoms with E-state index in [2.05, 4.69) is 10.2 Å². The number of ether oxygens (including phenoxy) is 1. The highest BCUT2D eigenvalue weighted by atomic mass is 35.5. The van der Waals surface area contributed by atoms with E-state index in [4.69, 9.17) is 16.3 Å². The Labute approximate surface area is 162 Å². The lowest BCUT2D eigenvalue weighted by molar-refractivity contribution is 0.219. The highest BCUT2D eigenvalue weighted by Gasteiger charge is 2.30. The molecule has 2 amide bonds. The third kappa shape index (κ3) is 3.36. The molecule has 0 aliphatic carbocycles. The van der Waals surface area contributed by atoms with Crippen LogP contribution in [0.15, 0.2) is 54.9 Å². The van der Waals surface area contributed by atoms with Crippen molar-refractivity contribution in [2.45, 2.75) is 6.54 Å². The summed E-state index contributed by atoms with van der Waals surface area (Å²) < 4.78 is 5.53. The Morgan fingerprint density at radius 2 is 2.07 bits per heavy atom. The number of carbonyl (C=O) groups excluding carboxylic acids is 1. The average Bonchev–Trinajstić information content (AvgIpc) is 3.34. The molecule has 0 bridgehead atoms. The molecule has 0 radical (unpaired) electrons. The van der Waals surface area contributed by atoms with Gasteiger partial charge < -0.3 is 9.64 Å². The molecular formula is C20H19ClN4O2. The van der Waals surface area contributed by atoms with Gasteiger partial charge in [-0.2, -0.15) is 5.10 Å². The molecule has 3 aromatic rings. The van der Waals surface area contributed by atoms with Gasteiger partial charge in [-0.15, -0.1) is 0 Å². The van der Waals surface area contributed by atoms with E-state index in [1.165, 1.54) is 0 Å². The van der Waals surface area contributed by atoms with Crippen molar-refractivity contribution in [2.75, 3.05) is 25.1 Å². The van der Waals surface area contributed by atoms with Gasteiger partial charge in [-0.3, -0.25) is 10.00 Å². The fourth-order valence-corrected chi connectivity index (χ4v) is 3.48. The quantitative estimate of drug-likeness (QED) is 0.720. The number of hydrogen-bond donors (Lipinski definition) is 1. The van der Waals surface area contributed by atoms with E-state index in [1.54, 1.807) is 23.1 Å². The van der Waals surface area contributed by atoms with Gasteiger partial charge in [0.25, 0.3) is 0 Å². The maximum atomic E-state index is 12.9. The number of hydrogen-bond acceptors (Lipinski definition) is 3. The topological polar surface area (TPSA) is 61.5 Å². The van der Waals surface area contributed by atoms with Gasteiger partial charge in [0.15, 0.2) is 0 Å². The summed E-state index contributed by atoms with van der Waals surface area (Å²) in [6.07, 6.45) is 3.55. The lowest BCUT2D eigenvalue weighted by Crippen LogP contribution is -2.31. The lowest BCUT2D eigenvalue weighted by Gasteiger charge is -2.20. The van der Waals surface area contributed by atoms with E-state index in [0.717, 1.165) is 22.4 Å². The van der Waals surface area contributed by atoms with Crippen LogP contribution in [-0.4, -0.2) is 41.3 Å². The Balaban J connectivity index is 1.56. The minimum absolute atomic E-state index is 0.0342. The molecule has 1 aliphatic rings. The summed E-state index contributed by atoms with van der Waals surface area (Å²) in [5.41, 5.74) is 3.62. The second-order valence-electron chi connectivity index (χ2n) is 6.32. The minimum atomic E-state index is -0.0342. The molecule has 0 saturated carbocycles. The van der Waals surface area contributed by atoms with E-state index in [0.29, 0.717) is 30.4 Å². The van der Waals surface area contributed by atoms with Gasteiger partial charge >= 0.3 is 6.03 Å². The van der Waals surface area contributed by atoms with Crippen LogP contribution in [0, 0.1) is 0 Å². The number of benzene rings is 2. The van der Waals surface area contributed by atoms with Crippen LogP contribution in [0.2, 0.25) is 5.02 Å². The maximum absolute atomic E-state index is 12.9. The normalized spacial score (nSPS) is 14.1. The first-order valence-electron chi connectivity index (χ1n) is 8.64. The Morgan fingerprint density at radius 3 is 2.81 bits per heavy atom. The Morgan fingerprint density at radius 1 is 1.22 bits per heavy atom. The summed E-state index contributed by atoms with van der Waals surface area (Å²) in [6.45, 7) is 1.77. The second kappa shape index (κ2) is 7.32. The van der Waals surface area contributed by atoms with Crippen molar-refractivity contribution in [1.82, 2.24) is 15.1 Å². The zero-order valence-corrected chi connectivity index (χ0v) is 15.6. The smallest absolute Gasteiger partial charge is 0.324 e. The van der Waals surface area contributed by atoms with Crippen LogP contribution in [0.25, 0.3) is 11.1 Å². The first kappa shape index (κ1) is 17.4. The number of urea groups is 1. The van der Waals surface area contributed by atoms with Gasteiger partial charge in [0.2, 0.25) is 0 Å². The number of amides is 2. The number of aromatic nitrogens is 2. The van der Waals surface area contributed by atoms with Gasteiger partial charge in [-0.05, 0) is 23.8 Å². The van der Waals surface area contributed by atoms with Crippen molar-refractivity contribution in [3.63, 3.8) is 0 Å². The maximum Gasteiger partial charge on any atom is 0.324 e. The van der Waals surface area contributed by atoms with Crippen molar-refractivity contribution in [1.29, 1.82) is 0 Å². The standard InChI is InChI=1S/C20H19ClN4O2/c1-27-19-10-16(6-7-17(19)15-11-22-23-12-15)25-9-8-24(20(25)26)13-14-4-2-3-5-18(14)21/h2-7,10-12H,8-9,13H2,1H3,(H,22,23). The number of methoxy groups -OCH3 is 1. The van der Waals surface area contributed by atoms with Crippen LogP contribution in [0.3, 0.4) is 0 Å². The molecule has 1 N–H and O–H groups in total. The number of H-pyrrole nitrogens is 1. The van der Waals surface area contributed by atoms with E-state index in [-0.39, 0.29) is 6.03 Å². The predicted molar refractivity (Wildman–Crippen MR) is 105 cm³/mol. The Kier molecular flexibility index (Phi) is 4.73. The van der Waals surface area contributed by atoms with Crippen molar-refractivity contribution < 1.29 is 9.53 Å².